The molecule has 1 fully saturated rings. The van der Waals surface area contributed by atoms with Crippen LogP contribution in [0, 0.1) is 5.92 Å². The normalized spacial score (nSPS) is 17.7. The number of benzene rings is 1. The molecular weight excluding hydrogens is 410 g/mol. The largest absolute Gasteiger partial charge is 0.490 e. The number of rotatable bonds is 6. The van der Waals surface area contributed by atoms with Crippen molar-refractivity contribution in [1.82, 2.24) is 15.1 Å². The van der Waals surface area contributed by atoms with Crippen molar-refractivity contribution >= 4 is 11.8 Å². The number of piperazine rings is 1. The first-order chi connectivity index (χ1) is 15.5. The number of furan rings is 1. The van der Waals surface area contributed by atoms with Crippen molar-refractivity contribution in [3.8, 4) is 11.5 Å². The Morgan fingerprint density at radius 1 is 1.03 bits per heavy atom. The number of fused-ring (bicyclic) bond motifs is 1. The van der Waals surface area contributed by atoms with Crippen molar-refractivity contribution in [2.45, 2.75) is 26.3 Å². The lowest BCUT2D eigenvalue weighted by Gasteiger charge is -2.34. The van der Waals surface area contributed by atoms with Gasteiger partial charge in [0.15, 0.2) is 17.3 Å². The van der Waals surface area contributed by atoms with E-state index in [1.807, 2.05) is 18.2 Å². The van der Waals surface area contributed by atoms with Gasteiger partial charge in [-0.2, -0.15) is 0 Å². The van der Waals surface area contributed by atoms with E-state index >= 15 is 0 Å². The van der Waals surface area contributed by atoms with Gasteiger partial charge in [0.2, 0.25) is 5.91 Å². The average molecular weight is 442 g/mol. The standard InChI is InChI=1S/C24H31N3O5/c1-17(2)23(18-6-7-19-21(15-18)32-14-4-13-30-19)25-22(28)16-26-8-10-27(11-9-26)24(29)20-5-3-12-31-20/h3,5-7,12,15,17,23H,4,8-11,13-14,16H2,1-2H3,(H,25,28). The van der Waals surface area contributed by atoms with Gasteiger partial charge < -0.3 is 24.1 Å². The van der Waals surface area contributed by atoms with Crippen molar-refractivity contribution in [2.75, 3.05) is 45.9 Å². The fourth-order valence-corrected chi connectivity index (χ4v) is 4.10. The predicted molar refractivity (Wildman–Crippen MR) is 119 cm³/mol. The van der Waals surface area contributed by atoms with Crippen LogP contribution in [0.1, 0.15) is 42.4 Å². The monoisotopic (exact) mass is 441 g/mol. The smallest absolute Gasteiger partial charge is 0.289 e. The number of amides is 2. The van der Waals surface area contributed by atoms with Gasteiger partial charge in [0.25, 0.3) is 5.91 Å². The fourth-order valence-electron chi connectivity index (χ4n) is 4.10. The van der Waals surface area contributed by atoms with E-state index in [-0.39, 0.29) is 23.8 Å². The minimum absolute atomic E-state index is 0.0263. The highest BCUT2D eigenvalue weighted by atomic mass is 16.5. The molecule has 0 aliphatic carbocycles. The third-order valence-electron chi connectivity index (χ3n) is 5.87. The summed E-state index contributed by atoms with van der Waals surface area (Å²) >= 11 is 0. The Labute approximate surface area is 188 Å². The van der Waals surface area contributed by atoms with Crippen molar-refractivity contribution in [3.63, 3.8) is 0 Å². The van der Waals surface area contributed by atoms with Gasteiger partial charge in [0.1, 0.15) is 0 Å². The highest BCUT2D eigenvalue weighted by Crippen LogP contribution is 2.34. The quantitative estimate of drug-likeness (QED) is 0.742. The van der Waals surface area contributed by atoms with Crippen LogP contribution >= 0.6 is 0 Å². The molecule has 1 N–H and O–H groups in total. The molecule has 1 unspecified atom stereocenters. The minimum atomic E-state index is -0.124. The molecule has 1 aromatic carbocycles. The maximum absolute atomic E-state index is 12.8. The van der Waals surface area contributed by atoms with E-state index < -0.39 is 0 Å². The first kappa shape index (κ1) is 22.2. The zero-order valence-corrected chi connectivity index (χ0v) is 18.7. The van der Waals surface area contributed by atoms with Gasteiger partial charge >= 0.3 is 0 Å². The van der Waals surface area contributed by atoms with Crippen LogP contribution in [0.5, 0.6) is 11.5 Å². The lowest BCUT2D eigenvalue weighted by atomic mass is 9.95. The number of hydrogen-bond acceptors (Lipinski definition) is 6. The van der Waals surface area contributed by atoms with E-state index in [0.717, 1.165) is 23.5 Å². The zero-order chi connectivity index (χ0) is 22.5. The van der Waals surface area contributed by atoms with E-state index in [9.17, 15) is 9.59 Å². The molecule has 2 aliphatic rings. The maximum Gasteiger partial charge on any atom is 0.289 e. The van der Waals surface area contributed by atoms with E-state index in [1.54, 1.807) is 17.0 Å². The second kappa shape index (κ2) is 10.1. The molecule has 2 aliphatic heterocycles. The molecule has 0 saturated carbocycles. The molecule has 8 nitrogen and oxygen atoms in total. The molecule has 2 amide bonds. The molecule has 1 atom stereocenters. The van der Waals surface area contributed by atoms with Crippen molar-refractivity contribution in [2.24, 2.45) is 5.92 Å². The van der Waals surface area contributed by atoms with Gasteiger partial charge in [-0.15, -0.1) is 0 Å². The van der Waals surface area contributed by atoms with Crippen molar-refractivity contribution in [1.29, 1.82) is 0 Å². The number of carbonyl (C=O) groups is 2. The number of hydrogen-bond donors (Lipinski definition) is 1. The lowest BCUT2D eigenvalue weighted by Crippen LogP contribution is -2.51. The van der Waals surface area contributed by atoms with E-state index in [1.165, 1.54) is 6.26 Å². The summed E-state index contributed by atoms with van der Waals surface area (Å²) in [6, 6.07) is 9.16. The Balaban J connectivity index is 1.32. The second-order valence-electron chi connectivity index (χ2n) is 8.59. The summed E-state index contributed by atoms with van der Waals surface area (Å²) in [5.41, 5.74) is 1.01. The molecule has 0 spiro atoms. The average Bonchev–Trinajstić information content (AvgIpc) is 3.23. The topological polar surface area (TPSA) is 84.3 Å². The van der Waals surface area contributed by atoms with Crippen LogP contribution in [0.15, 0.2) is 41.0 Å². The Hall–Kier alpha value is -3.00. The Morgan fingerprint density at radius 2 is 1.78 bits per heavy atom. The number of ether oxygens (including phenoxy) is 2. The van der Waals surface area contributed by atoms with E-state index in [2.05, 4.69) is 24.1 Å². The van der Waals surface area contributed by atoms with Crippen LogP contribution < -0.4 is 14.8 Å². The Morgan fingerprint density at radius 3 is 2.47 bits per heavy atom. The Bertz CT molecular complexity index is 920. The summed E-state index contributed by atoms with van der Waals surface area (Å²) in [6.45, 7) is 8.20. The maximum atomic E-state index is 12.8. The molecule has 172 valence electrons. The lowest BCUT2D eigenvalue weighted by molar-refractivity contribution is -0.123. The molecule has 1 saturated heterocycles. The second-order valence-corrected chi connectivity index (χ2v) is 8.59. The Kier molecular flexibility index (Phi) is 6.99. The van der Waals surface area contributed by atoms with Crippen LogP contribution in [-0.4, -0.2) is 67.6 Å². The molecule has 0 radical (unpaired) electrons. The summed E-state index contributed by atoms with van der Waals surface area (Å²) in [5, 5.41) is 3.19. The molecule has 0 bridgehead atoms. The summed E-state index contributed by atoms with van der Waals surface area (Å²) in [6.07, 6.45) is 2.36. The third kappa shape index (κ3) is 5.24. The van der Waals surface area contributed by atoms with Crippen molar-refractivity contribution in [3.05, 3.63) is 47.9 Å². The highest BCUT2D eigenvalue weighted by Gasteiger charge is 2.26. The number of carbonyl (C=O) groups excluding carboxylic acids is 2. The number of nitrogens with zero attached hydrogens (tertiary/aromatic N) is 2. The van der Waals surface area contributed by atoms with Gasteiger partial charge in [-0.25, -0.2) is 0 Å². The van der Waals surface area contributed by atoms with E-state index in [4.69, 9.17) is 13.9 Å². The van der Waals surface area contributed by atoms with Crippen LogP contribution in [0.2, 0.25) is 0 Å². The first-order valence-corrected chi connectivity index (χ1v) is 11.3. The SMILES string of the molecule is CC(C)C(NC(=O)CN1CCN(C(=O)c2ccco2)CC1)c1ccc2c(c1)OCCCO2. The molecule has 1 aromatic heterocycles. The predicted octanol–water partition coefficient (Wildman–Crippen LogP) is 2.71. The van der Waals surface area contributed by atoms with Gasteiger partial charge in [0, 0.05) is 32.6 Å². The summed E-state index contributed by atoms with van der Waals surface area (Å²) in [5.74, 6) is 1.92. The minimum Gasteiger partial charge on any atom is -0.490 e. The fraction of sp³-hybridized carbons (Fsp3) is 0.500. The summed E-state index contributed by atoms with van der Waals surface area (Å²) < 4.78 is 16.7. The van der Waals surface area contributed by atoms with Crippen LogP contribution in [-0.2, 0) is 4.79 Å². The van der Waals surface area contributed by atoms with Crippen LogP contribution in [0.4, 0.5) is 0 Å². The van der Waals surface area contributed by atoms with Gasteiger partial charge in [-0.05, 0) is 35.7 Å². The van der Waals surface area contributed by atoms with Crippen LogP contribution in [0.3, 0.4) is 0 Å². The zero-order valence-electron chi connectivity index (χ0n) is 18.7. The molecule has 2 aromatic rings. The first-order valence-electron chi connectivity index (χ1n) is 11.3. The van der Waals surface area contributed by atoms with Gasteiger partial charge in [-0.3, -0.25) is 14.5 Å². The summed E-state index contributed by atoms with van der Waals surface area (Å²) in [7, 11) is 0. The number of nitrogens with one attached hydrogen (secondary N) is 1. The van der Waals surface area contributed by atoms with Crippen molar-refractivity contribution < 1.29 is 23.5 Å². The van der Waals surface area contributed by atoms with E-state index in [0.29, 0.717) is 51.7 Å². The summed E-state index contributed by atoms with van der Waals surface area (Å²) in [4.78, 5) is 29.1. The molecule has 3 heterocycles. The molecule has 8 heteroatoms. The molecular formula is C24H31N3O5. The van der Waals surface area contributed by atoms with Gasteiger partial charge in [0.05, 0.1) is 32.1 Å². The van der Waals surface area contributed by atoms with Crippen LogP contribution in [0.25, 0.3) is 0 Å². The third-order valence-corrected chi connectivity index (χ3v) is 5.87. The van der Waals surface area contributed by atoms with Gasteiger partial charge in [-0.1, -0.05) is 19.9 Å². The molecule has 32 heavy (non-hydrogen) atoms. The molecule has 4 rings (SSSR count). The highest BCUT2D eigenvalue weighted by molar-refractivity contribution is 5.91.